The van der Waals surface area contributed by atoms with Crippen LogP contribution < -0.4 is 0 Å². The Morgan fingerprint density at radius 3 is 3.05 bits per heavy atom. The van der Waals surface area contributed by atoms with Gasteiger partial charge in [-0.2, -0.15) is 5.10 Å². The highest BCUT2D eigenvalue weighted by atomic mass is 32.2. The predicted octanol–water partition coefficient (Wildman–Crippen LogP) is 2.82. The van der Waals surface area contributed by atoms with Crippen LogP contribution in [0.3, 0.4) is 0 Å². The zero-order valence-electron chi connectivity index (χ0n) is 10.6. The normalized spacial score (nSPS) is 14.2. The van der Waals surface area contributed by atoms with Crippen molar-refractivity contribution in [3.63, 3.8) is 0 Å². The second kappa shape index (κ2) is 4.74. The van der Waals surface area contributed by atoms with E-state index in [2.05, 4.69) is 11.2 Å². The number of aryl methyl sites for hydroxylation is 1. The van der Waals surface area contributed by atoms with Gasteiger partial charge in [-0.3, -0.25) is 4.68 Å². The van der Waals surface area contributed by atoms with Crippen molar-refractivity contribution >= 4 is 17.7 Å². The van der Waals surface area contributed by atoms with Crippen LogP contribution in [-0.2, 0) is 13.5 Å². The number of hydrogen-bond acceptors (Lipinski definition) is 3. The maximum absolute atomic E-state index is 11.0. The SMILES string of the molecule is Cn1nc(C(=O)O)cc1-c1cccc2c1CCCS2. The van der Waals surface area contributed by atoms with Crippen LogP contribution >= 0.6 is 11.8 Å². The van der Waals surface area contributed by atoms with Gasteiger partial charge in [0.25, 0.3) is 0 Å². The average molecular weight is 274 g/mol. The molecule has 0 unspecified atom stereocenters. The minimum Gasteiger partial charge on any atom is -0.476 e. The first kappa shape index (κ1) is 12.3. The molecule has 0 radical (unpaired) electrons. The van der Waals surface area contributed by atoms with Gasteiger partial charge in [0.2, 0.25) is 0 Å². The molecule has 5 heteroatoms. The third-order valence-corrected chi connectivity index (χ3v) is 4.52. The minimum atomic E-state index is -0.985. The number of thioether (sulfide) groups is 1. The highest BCUT2D eigenvalue weighted by Crippen LogP contribution is 2.36. The minimum absolute atomic E-state index is 0.0959. The molecular weight excluding hydrogens is 260 g/mol. The molecule has 0 aliphatic carbocycles. The zero-order valence-corrected chi connectivity index (χ0v) is 11.4. The Hall–Kier alpha value is -1.75. The molecule has 0 fully saturated rings. The molecule has 0 saturated heterocycles. The summed E-state index contributed by atoms with van der Waals surface area (Å²) in [6.45, 7) is 0. The van der Waals surface area contributed by atoms with E-state index in [1.54, 1.807) is 17.8 Å². The standard InChI is InChI=1S/C14H14N2O2S/c1-16-12(8-11(15-16)14(17)18)9-4-2-6-13-10(9)5-3-7-19-13/h2,4,6,8H,3,5,7H2,1H3,(H,17,18). The number of aromatic carboxylic acids is 1. The molecule has 0 bridgehead atoms. The Morgan fingerprint density at radius 2 is 2.32 bits per heavy atom. The molecule has 1 N–H and O–H groups in total. The van der Waals surface area contributed by atoms with Crippen LogP contribution in [0.2, 0.25) is 0 Å². The summed E-state index contributed by atoms with van der Waals surface area (Å²) in [7, 11) is 1.79. The van der Waals surface area contributed by atoms with E-state index in [-0.39, 0.29) is 5.69 Å². The molecule has 0 spiro atoms. The first-order valence-corrected chi connectivity index (χ1v) is 7.18. The second-order valence-corrected chi connectivity index (χ2v) is 5.71. The number of aromatic nitrogens is 2. The monoisotopic (exact) mass is 274 g/mol. The molecule has 0 atom stereocenters. The van der Waals surface area contributed by atoms with Crippen LogP contribution in [0.4, 0.5) is 0 Å². The number of rotatable bonds is 2. The van der Waals surface area contributed by atoms with Crippen LogP contribution in [0, 0.1) is 0 Å². The van der Waals surface area contributed by atoms with Gasteiger partial charge >= 0.3 is 5.97 Å². The van der Waals surface area contributed by atoms with Crippen LogP contribution in [0.1, 0.15) is 22.5 Å². The van der Waals surface area contributed by atoms with Gasteiger partial charge in [0.15, 0.2) is 5.69 Å². The number of carboxylic acid groups (broad SMARTS) is 1. The Kier molecular flexibility index (Phi) is 3.06. The highest BCUT2D eigenvalue weighted by molar-refractivity contribution is 7.99. The number of fused-ring (bicyclic) bond motifs is 1. The van der Waals surface area contributed by atoms with E-state index in [4.69, 9.17) is 5.11 Å². The van der Waals surface area contributed by atoms with Gasteiger partial charge in [-0.05, 0) is 36.3 Å². The van der Waals surface area contributed by atoms with E-state index in [9.17, 15) is 4.79 Å². The lowest BCUT2D eigenvalue weighted by atomic mass is 10.00. The second-order valence-electron chi connectivity index (χ2n) is 4.58. The fourth-order valence-corrected chi connectivity index (χ4v) is 3.52. The third kappa shape index (κ3) is 2.14. The van der Waals surface area contributed by atoms with Gasteiger partial charge in [0, 0.05) is 17.5 Å². The van der Waals surface area contributed by atoms with E-state index in [0.29, 0.717) is 0 Å². The summed E-state index contributed by atoms with van der Waals surface area (Å²) < 4.78 is 1.65. The van der Waals surface area contributed by atoms with Crippen molar-refractivity contribution in [2.45, 2.75) is 17.7 Å². The van der Waals surface area contributed by atoms with Gasteiger partial charge in [-0.25, -0.2) is 4.79 Å². The van der Waals surface area contributed by atoms with E-state index in [0.717, 1.165) is 29.9 Å². The third-order valence-electron chi connectivity index (χ3n) is 3.34. The van der Waals surface area contributed by atoms with Crippen molar-refractivity contribution in [1.29, 1.82) is 0 Å². The number of hydrogen-bond donors (Lipinski definition) is 1. The molecular formula is C14H14N2O2S. The topological polar surface area (TPSA) is 55.1 Å². The molecule has 0 amide bonds. The molecule has 4 nitrogen and oxygen atoms in total. The van der Waals surface area contributed by atoms with Gasteiger partial charge < -0.3 is 5.11 Å². The molecule has 1 aliphatic heterocycles. The Bertz CT molecular complexity index is 649. The van der Waals surface area contributed by atoms with Crippen LogP contribution in [-0.4, -0.2) is 26.6 Å². The summed E-state index contributed by atoms with van der Waals surface area (Å²) >= 11 is 1.87. The summed E-state index contributed by atoms with van der Waals surface area (Å²) in [6.07, 6.45) is 2.21. The largest absolute Gasteiger partial charge is 0.476 e. The summed E-state index contributed by atoms with van der Waals surface area (Å²) in [6, 6.07) is 7.86. The molecule has 98 valence electrons. The molecule has 1 aromatic heterocycles. The van der Waals surface area contributed by atoms with Crippen molar-refractivity contribution in [2.75, 3.05) is 5.75 Å². The molecule has 2 aromatic rings. The fraction of sp³-hybridized carbons (Fsp3) is 0.286. The molecule has 19 heavy (non-hydrogen) atoms. The first-order chi connectivity index (χ1) is 9.16. The maximum Gasteiger partial charge on any atom is 0.356 e. The summed E-state index contributed by atoms with van der Waals surface area (Å²) in [5.74, 6) is 0.170. The van der Waals surface area contributed by atoms with Crippen LogP contribution in [0.25, 0.3) is 11.3 Å². The lowest BCUT2D eigenvalue weighted by molar-refractivity contribution is 0.0689. The highest BCUT2D eigenvalue weighted by Gasteiger charge is 2.18. The van der Waals surface area contributed by atoms with Crippen LogP contribution in [0.5, 0.6) is 0 Å². The molecule has 2 heterocycles. The van der Waals surface area contributed by atoms with E-state index in [1.807, 2.05) is 23.9 Å². The van der Waals surface area contributed by atoms with Crippen molar-refractivity contribution in [2.24, 2.45) is 7.05 Å². The maximum atomic E-state index is 11.0. The fourth-order valence-electron chi connectivity index (χ4n) is 2.45. The summed E-state index contributed by atoms with van der Waals surface area (Å²) in [4.78, 5) is 12.3. The van der Waals surface area contributed by atoms with E-state index >= 15 is 0 Å². The Balaban J connectivity index is 2.14. The Labute approximate surface area is 115 Å². The van der Waals surface area contributed by atoms with Gasteiger partial charge in [-0.15, -0.1) is 11.8 Å². The van der Waals surface area contributed by atoms with Crippen molar-refractivity contribution in [3.8, 4) is 11.3 Å². The number of carbonyl (C=O) groups is 1. The van der Waals surface area contributed by atoms with E-state index in [1.165, 1.54) is 10.5 Å². The number of benzene rings is 1. The van der Waals surface area contributed by atoms with Gasteiger partial charge in [0.1, 0.15) is 0 Å². The molecule has 3 rings (SSSR count). The van der Waals surface area contributed by atoms with Crippen molar-refractivity contribution < 1.29 is 9.90 Å². The molecule has 1 aromatic carbocycles. The van der Waals surface area contributed by atoms with Gasteiger partial charge in [-0.1, -0.05) is 12.1 Å². The first-order valence-electron chi connectivity index (χ1n) is 6.19. The lowest BCUT2D eigenvalue weighted by Gasteiger charge is -2.18. The quantitative estimate of drug-likeness (QED) is 0.915. The van der Waals surface area contributed by atoms with E-state index < -0.39 is 5.97 Å². The summed E-state index contributed by atoms with van der Waals surface area (Å²) in [5.41, 5.74) is 3.39. The number of carboxylic acids is 1. The van der Waals surface area contributed by atoms with Crippen molar-refractivity contribution in [1.82, 2.24) is 9.78 Å². The molecule has 1 aliphatic rings. The smallest absolute Gasteiger partial charge is 0.356 e. The average Bonchev–Trinajstić information content (AvgIpc) is 2.80. The van der Waals surface area contributed by atoms with Gasteiger partial charge in [0.05, 0.1) is 5.69 Å². The van der Waals surface area contributed by atoms with Crippen LogP contribution in [0.15, 0.2) is 29.2 Å². The predicted molar refractivity (Wildman–Crippen MR) is 74.6 cm³/mol. The van der Waals surface area contributed by atoms with Crippen molar-refractivity contribution in [3.05, 3.63) is 35.5 Å². The lowest BCUT2D eigenvalue weighted by Crippen LogP contribution is -2.03. The number of nitrogens with zero attached hydrogens (tertiary/aromatic N) is 2. The Morgan fingerprint density at radius 1 is 1.47 bits per heavy atom. The summed E-state index contributed by atoms with van der Waals surface area (Å²) in [5, 5.41) is 13.1. The molecule has 0 saturated carbocycles. The zero-order chi connectivity index (χ0) is 13.4.